The zero-order valence-corrected chi connectivity index (χ0v) is 20.6. The van der Waals surface area contributed by atoms with Crippen molar-refractivity contribution in [2.45, 2.75) is 45.6 Å². The largest absolute Gasteiger partial charge is 0.478 e. The smallest absolute Gasteiger partial charge is 0.335 e. The molecule has 8 heteroatoms. The number of carboxylic acid groups (broad SMARTS) is 1. The van der Waals surface area contributed by atoms with E-state index in [2.05, 4.69) is 29.5 Å². The highest BCUT2D eigenvalue weighted by molar-refractivity contribution is 5.99. The van der Waals surface area contributed by atoms with Crippen LogP contribution in [0, 0.1) is 6.92 Å². The van der Waals surface area contributed by atoms with Crippen molar-refractivity contribution in [3.8, 4) is 11.1 Å². The summed E-state index contributed by atoms with van der Waals surface area (Å²) >= 11 is 0. The molecular formula is C28H30N4O4. The van der Waals surface area contributed by atoms with Crippen molar-refractivity contribution in [2.75, 3.05) is 17.2 Å². The molecule has 2 aromatic carbocycles. The molecule has 186 valence electrons. The average molecular weight is 487 g/mol. The molecule has 1 fully saturated rings. The Labute approximate surface area is 210 Å². The Balaban J connectivity index is 1.39. The number of carbonyl (C=O) groups excluding carboxylic acids is 2. The predicted molar refractivity (Wildman–Crippen MR) is 139 cm³/mol. The standard InChI is InChI=1S/C28H30N4O4/c1-17(2)19-6-10-22(11-7-19)30-28(36)32-14-4-5-24(32)26(33)31-25-13-9-21(16-29-25)23-12-8-20(27(34)35)15-18(23)3/h6-13,15-17,24H,4-5,14H2,1-3H3,(H,30,36)(H,34,35)(H,29,31,33)/t24-/m1/s1. The first-order valence-electron chi connectivity index (χ1n) is 12.0. The molecule has 0 unspecified atom stereocenters. The van der Waals surface area contributed by atoms with Gasteiger partial charge >= 0.3 is 12.0 Å². The Hall–Kier alpha value is -4.20. The predicted octanol–water partition coefficient (Wildman–Crippen LogP) is 5.51. The summed E-state index contributed by atoms with van der Waals surface area (Å²) in [6.07, 6.45) is 2.97. The lowest BCUT2D eigenvalue weighted by Crippen LogP contribution is -2.45. The molecule has 2 heterocycles. The van der Waals surface area contributed by atoms with Crippen LogP contribution in [-0.4, -0.2) is 45.5 Å². The molecule has 4 rings (SSSR count). The van der Waals surface area contributed by atoms with Gasteiger partial charge in [-0.25, -0.2) is 14.6 Å². The van der Waals surface area contributed by atoms with E-state index in [-0.39, 0.29) is 17.5 Å². The highest BCUT2D eigenvalue weighted by atomic mass is 16.4. The number of carboxylic acids is 1. The number of urea groups is 1. The fraction of sp³-hybridized carbons (Fsp3) is 0.286. The first-order valence-corrected chi connectivity index (χ1v) is 12.0. The monoisotopic (exact) mass is 486 g/mol. The Morgan fingerprint density at radius 3 is 2.39 bits per heavy atom. The van der Waals surface area contributed by atoms with Gasteiger partial charge in [-0.2, -0.15) is 0 Å². The Morgan fingerprint density at radius 2 is 1.78 bits per heavy atom. The maximum atomic E-state index is 13.0. The van der Waals surface area contributed by atoms with Crippen LogP contribution in [0.5, 0.6) is 0 Å². The molecular weight excluding hydrogens is 456 g/mol. The number of likely N-dealkylation sites (tertiary alicyclic amines) is 1. The van der Waals surface area contributed by atoms with Gasteiger partial charge in [-0.3, -0.25) is 4.79 Å². The van der Waals surface area contributed by atoms with Crippen molar-refractivity contribution in [1.29, 1.82) is 0 Å². The second-order valence-corrected chi connectivity index (χ2v) is 9.31. The summed E-state index contributed by atoms with van der Waals surface area (Å²) in [6, 6.07) is 15.3. The molecule has 36 heavy (non-hydrogen) atoms. The number of amides is 3. The van der Waals surface area contributed by atoms with Gasteiger partial charge < -0.3 is 20.6 Å². The third-order valence-corrected chi connectivity index (χ3v) is 6.44. The third-order valence-electron chi connectivity index (χ3n) is 6.44. The van der Waals surface area contributed by atoms with Crippen molar-refractivity contribution in [1.82, 2.24) is 9.88 Å². The average Bonchev–Trinajstić information content (AvgIpc) is 3.35. The molecule has 3 N–H and O–H groups in total. The maximum absolute atomic E-state index is 13.0. The number of nitrogens with one attached hydrogen (secondary N) is 2. The van der Waals surface area contributed by atoms with Gasteiger partial charge in [-0.05, 0) is 78.8 Å². The number of hydrogen-bond donors (Lipinski definition) is 3. The molecule has 0 spiro atoms. The van der Waals surface area contributed by atoms with Gasteiger partial charge in [0, 0.05) is 24.0 Å². The molecule has 1 aliphatic rings. The lowest BCUT2D eigenvalue weighted by atomic mass is 10.00. The van der Waals surface area contributed by atoms with E-state index in [1.165, 1.54) is 5.56 Å². The van der Waals surface area contributed by atoms with Crippen LogP contribution in [0.3, 0.4) is 0 Å². The van der Waals surface area contributed by atoms with E-state index in [9.17, 15) is 14.4 Å². The molecule has 1 atom stereocenters. The summed E-state index contributed by atoms with van der Waals surface area (Å²) in [4.78, 5) is 43.0. The zero-order chi connectivity index (χ0) is 25.8. The molecule has 0 radical (unpaired) electrons. The lowest BCUT2D eigenvalue weighted by Gasteiger charge is -2.24. The van der Waals surface area contributed by atoms with Crippen molar-refractivity contribution < 1.29 is 19.5 Å². The third kappa shape index (κ3) is 5.54. The molecule has 3 amide bonds. The van der Waals surface area contributed by atoms with E-state index in [1.807, 2.05) is 37.3 Å². The Morgan fingerprint density at radius 1 is 1.03 bits per heavy atom. The van der Waals surface area contributed by atoms with E-state index in [0.717, 1.165) is 23.1 Å². The minimum atomic E-state index is -0.973. The second kappa shape index (κ2) is 10.6. The number of aromatic carboxylic acids is 1. The topological polar surface area (TPSA) is 112 Å². The van der Waals surface area contributed by atoms with Crippen molar-refractivity contribution in [2.24, 2.45) is 0 Å². The van der Waals surface area contributed by atoms with Crippen LogP contribution < -0.4 is 10.6 Å². The second-order valence-electron chi connectivity index (χ2n) is 9.31. The Kier molecular flexibility index (Phi) is 7.33. The summed E-state index contributed by atoms with van der Waals surface area (Å²) in [5.41, 5.74) is 4.61. The highest BCUT2D eigenvalue weighted by Gasteiger charge is 2.34. The van der Waals surface area contributed by atoms with Crippen molar-refractivity contribution in [3.05, 3.63) is 77.5 Å². The molecule has 1 saturated heterocycles. The first kappa shape index (κ1) is 24.9. The number of aryl methyl sites for hydroxylation is 1. The number of rotatable bonds is 6. The number of nitrogens with zero attached hydrogens (tertiary/aromatic N) is 2. The van der Waals surface area contributed by atoms with Gasteiger partial charge in [0.15, 0.2) is 0 Å². The zero-order valence-electron chi connectivity index (χ0n) is 20.6. The summed E-state index contributed by atoms with van der Waals surface area (Å²) < 4.78 is 0. The SMILES string of the molecule is Cc1cc(C(=O)O)ccc1-c1ccc(NC(=O)[C@H]2CCCN2C(=O)Nc2ccc(C(C)C)cc2)nc1. The first-order chi connectivity index (χ1) is 17.2. The van der Waals surface area contributed by atoms with E-state index in [0.29, 0.717) is 30.4 Å². The number of anilines is 2. The van der Waals surface area contributed by atoms with Gasteiger partial charge in [0.25, 0.3) is 0 Å². The number of carbonyl (C=O) groups is 3. The number of aromatic nitrogens is 1. The normalized spacial score (nSPS) is 15.1. The molecule has 3 aromatic rings. The minimum absolute atomic E-state index is 0.228. The molecule has 0 bridgehead atoms. The summed E-state index contributed by atoms with van der Waals surface area (Å²) in [5, 5.41) is 14.9. The quantitative estimate of drug-likeness (QED) is 0.425. The van der Waals surface area contributed by atoms with E-state index < -0.39 is 12.0 Å². The van der Waals surface area contributed by atoms with Gasteiger partial charge in [-0.15, -0.1) is 0 Å². The molecule has 0 saturated carbocycles. The van der Waals surface area contributed by atoms with Crippen LogP contribution in [0.4, 0.5) is 16.3 Å². The molecule has 1 aromatic heterocycles. The number of pyridine rings is 1. The minimum Gasteiger partial charge on any atom is -0.478 e. The molecule has 0 aliphatic carbocycles. The summed E-state index contributed by atoms with van der Waals surface area (Å²) in [6.45, 7) is 6.58. The lowest BCUT2D eigenvalue weighted by molar-refractivity contribution is -0.119. The van der Waals surface area contributed by atoms with Crippen LogP contribution in [-0.2, 0) is 4.79 Å². The van der Waals surface area contributed by atoms with Crippen LogP contribution in [0.2, 0.25) is 0 Å². The maximum Gasteiger partial charge on any atom is 0.335 e. The fourth-order valence-corrected chi connectivity index (χ4v) is 4.39. The number of hydrogen-bond acceptors (Lipinski definition) is 4. The van der Waals surface area contributed by atoms with E-state index >= 15 is 0 Å². The van der Waals surface area contributed by atoms with E-state index in [1.54, 1.807) is 35.4 Å². The van der Waals surface area contributed by atoms with Gasteiger partial charge in [-0.1, -0.05) is 32.0 Å². The van der Waals surface area contributed by atoms with Gasteiger partial charge in [0.1, 0.15) is 11.9 Å². The van der Waals surface area contributed by atoms with Crippen LogP contribution >= 0.6 is 0 Å². The summed E-state index contributed by atoms with van der Waals surface area (Å²) in [5.74, 6) is -0.453. The Bertz CT molecular complexity index is 1270. The highest BCUT2D eigenvalue weighted by Crippen LogP contribution is 2.26. The fourth-order valence-electron chi connectivity index (χ4n) is 4.39. The van der Waals surface area contributed by atoms with Crippen LogP contribution in [0.15, 0.2) is 60.8 Å². The van der Waals surface area contributed by atoms with Crippen LogP contribution in [0.25, 0.3) is 11.1 Å². The van der Waals surface area contributed by atoms with Gasteiger partial charge in [0.05, 0.1) is 5.56 Å². The molecule has 8 nitrogen and oxygen atoms in total. The van der Waals surface area contributed by atoms with Crippen LogP contribution in [0.1, 0.15) is 54.1 Å². The summed E-state index contributed by atoms with van der Waals surface area (Å²) in [7, 11) is 0. The van der Waals surface area contributed by atoms with Gasteiger partial charge in [0.2, 0.25) is 5.91 Å². The number of benzene rings is 2. The van der Waals surface area contributed by atoms with Crippen molar-refractivity contribution in [3.63, 3.8) is 0 Å². The van der Waals surface area contributed by atoms with E-state index in [4.69, 9.17) is 5.11 Å². The molecule has 1 aliphatic heterocycles. The van der Waals surface area contributed by atoms with Crippen molar-refractivity contribution >= 4 is 29.4 Å².